The summed E-state index contributed by atoms with van der Waals surface area (Å²) in [6, 6.07) is -0.993. The Kier molecular flexibility index (Phi) is 7.91. The Balaban J connectivity index is 3.94. The van der Waals surface area contributed by atoms with Gasteiger partial charge in [0.15, 0.2) is 0 Å². The second-order valence-corrected chi connectivity index (χ2v) is 6.55. The third-order valence-corrected chi connectivity index (χ3v) is 4.21. The molecule has 3 atom stereocenters. The Morgan fingerprint density at radius 3 is 2.40 bits per heavy atom. The SMILES string of the molecule is C[S+](CC[C@H](N)C(=O)O)CC(O)CNC(=O)C(F)(F)F. The zero-order chi connectivity index (χ0) is 15.9. The van der Waals surface area contributed by atoms with E-state index >= 15 is 0 Å². The van der Waals surface area contributed by atoms with Gasteiger partial charge < -0.3 is 21.3 Å². The molecule has 1 amide bonds. The van der Waals surface area contributed by atoms with Crippen LogP contribution in [0.25, 0.3) is 0 Å². The Bertz CT molecular complexity index is 341. The summed E-state index contributed by atoms with van der Waals surface area (Å²) in [5.41, 5.74) is 5.30. The van der Waals surface area contributed by atoms with E-state index in [0.717, 1.165) is 0 Å². The lowest BCUT2D eigenvalue weighted by Crippen LogP contribution is -2.42. The van der Waals surface area contributed by atoms with Gasteiger partial charge in [-0.1, -0.05) is 0 Å². The van der Waals surface area contributed by atoms with Gasteiger partial charge in [0.2, 0.25) is 0 Å². The summed E-state index contributed by atoms with van der Waals surface area (Å²) < 4.78 is 35.7. The Hall–Kier alpha value is -1.00. The van der Waals surface area contributed by atoms with E-state index in [1.807, 2.05) is 0 Å². The summed E-state index contributed by atoms with van der Waals surface area (Å²) >= 11 is 0. The highest BCUT2D eigenvalue weighted by molar-refractivity contribution is 7.96. The lowest BCUT2D eigenvalue weighted by Gasteiger charge is -2.13. The summed E-state index contributed by atoms with van der Waals surface area (Å²) in [4.78, 5) is 21.0. The van der Waals surface area contributed by atoms with Crippen molar-refractivity contribution in [1.82, 2.24) is 5.32 Å². The quantitative estimate of drug-likeness (QED) is 0.432. The van der Waals surface area contributed by atoms with Crippen molar-refractivity contribution in [1.29, 1.82) is 0 Å². The van der Waals surface area contributed by atoms with Crippen molar-refractivity contribution >= 4 is 22.8 Å². The molecule has 2 unspecified atom stereocenters. The van der Waals surface area contributed by atoms with Crippen molar-refractivity contribution in [3.8, 4) is 0 Å². The molecule has 0 aliphatic heterocycles. The molecule has 0 aliphatic carbocycles. The van der Waals surface area contributed by atoms with Gasteiger partial charge in [-0.2, -0.15) is 13.2 Å². The summed E-state index contributed by atoms with van der Waals surface area (Å²) in [6.07, 6.45) is -4.13. The maximum Gasteiger partial charge on any atom is 0.471 e. The zero-order valence-electron chi connectivity index (χ0n) is 10.8. The van der Waals surface area contributed by atoms with Crippen LogP contribution in [-0.4, -0.2) is 64.7 Å². The number of carboxylic acid groups (broad SMARTS) is 1. The third kappa shape index (κ3) is 8.23. The first-order valence-corrected chi connectivity index (χ1v) is 7.61. The maximum atomic E-state index is 11.9. The van der Waals surface area contributed by atoms with E-state index < -0.39 is 47.6 Å². The molecule has 0 aliphatic rings. The first kappa shape index (κ1) is 19.0. The molecule has 0 fully saturated rings. The van der Waals surface area contributed by atoms with E-state index in [9.17, 15) is 27.9 Å². The predicted molar refractivity (Wildman–Crippen MR) is 68.3 cm³/mol. The van der Waals surface area contributed by atoms with E-state index in [1.165, 1.54) is 0 Å². The molecule has 6 nitrogen and oxygen atoms in total. The van der Waals surface area contributed by atoms with Gasteiger partial charge in [-0.3, -0.25) is 9.59 Å². The van der Waals surface area contributed by atoms with Gasteiger partial charge >= 0.3 is 18.1 Å². The van der Waals surface area contributed by atoms with Crippen LogP contribution in [0.2, 0.25) is 0 Å². The van der Waals surface area contributed by atoms with Crippen molar-refractivity contribution in [3.05, 3.63) is 0 Å². The van der Waals surface area contributed by atoms with E-state index in [-0.39, 0.29) is 12.2 Å². The highest BCUT2D eigenvalue weighted by Gasteiger charge is 2.38. The Morgan fingerprint density at radius 2 is 1.95 bits per heavy atom. The first-order valence-electron chi connectivity index (χ1n) is 5.64. The number of hydrogen-bond acceptors (Lipinski definition) is 4. The number of alkyl halides is 3. The fraction of sp³-hybridized carbons (Fsp3) is 0.800. The van der Waals surface area contributed by atoms with Gasteiger partial charge in [-0.05, 0) is 10.9 Å². The first-order chi connectivity index (χ1) is 9.04. The highest BCUT2D eigenvalue weighted by Crippen LogP contribution is 2.13. The number of hydrogen-bond donors (Lipinski definition) is 4. The zero-order valence-corrected chi connectivity index (χ0v) is 11.6. The molecular weight excluding hydrogens is 301 g/mol. The van der Waals surface area contributed by atoms with Crippen molar-refractivity contribution in [2.75, 3.05) is 24.3 Å². The van der Waals surface area contributed by atoms with Crippen molar-refractivity contribution in [2.24, 2.45) is 5.73 Å². The number of aliphatic carboxylic acids is 1. The molecule has 20 heavy (non-hydrogen) atoms. The molecule has 0 saturated carbocycles. The Labute approximate surface area is 116 Å². The molecule has 0 aromatic rings. The smallest absolute Gasteiger partial charge is 0.471 e. The maximum absolute atomic E-state index is 11.9. The second kappa shape index (κ2) is 8.32. The monoisotopic (exact) mass is 319 g/mol. The summed E-state index contributed by atoms with van der Waals surface area (Å²) in [7, 11) is -0.399. The molecular formula is C10H18F3N2O4S+. The van der Waals surface area contributed by atoms with Crippen LogP contribution in [-0.2, 0) is 20.5 Å². The minimum absolute atomic E-state index is 0.171. The average molecular weight is 319 g/mol. The van der Waals surface area contributed by atoms with Crippen LogP contribution >= 0.6 is 0 Å². The lowest BCUT2D eigenvalue weighted by atomic mass is 10.2. The summed E-state index contributed by atoms with van der Waals surface area (Å²) in [5, 5.41) is 19.6. The minimum atomic E-state index is -4.97. The molecule has 0 radical (unpaired) electrons. The van der Waals surface area contributed by atoms with Gasteiger partial charge in [0.05, 0.1) is 6.26 Å². The number of carbonyl (C=O) groups is 2. The van der Waals surface area contributed by atoms with Crippen molar-refractivity contribution < 1.29 is 33.0 Å². The number of aliphatic hydroxyl groups excluding tert-OH is 1. The van der Waals surface area contributed by atoms with E-state index in [4.69, 9.17) is 10.8 Å². The topological polar surface area (TPSA) is 113 Å². The lowest BCUT2D eigenvalue weighted by molar-refractivity contribution is -0.173. The summed E-state index contributed by atoms with van der Waals surface area (Å²) in [6.45, 7) is -0.499. The van der Waals surface area contributed by atoms with Crippen LogP contribution in [0.4, 0.5) is 13.2 Å². The molecule has 0 rings (SSSR count). The predicted octanol–water partition coefficient (Wildman–Crippen LogP) is -0.924. The van der Waals surface area contributed by atoms with Gasteiger partial charge in [-0.25, -0.2) is 0 Å². The average Bonchev–Trinajstić information content (AvgIpc) is 2.31. The van der Waals surface area contributed by atoms with Crippen LogP contribution < -0.4 is 11.1 Å². The number of nitrogens with two attached hydrogens (primary N) is 1. The molecule has 0 aromatic heterocycles. The van der Waals surface area contributed by atoms with Gasteiger partial charge in [-0.15, -0.1) is 0 Å². The molecule has 118 valence electrons. The highest BCUT2D eigenvalue weighted by atomic mass is 32.2. The van der Waals surface area contributed by atoms with E-state index in [0.29, 0.717) is 5.75 Å². The third-order valence-electron chi connectivity index (χ3n) is 2.33. The van der Waals surface area contributed by atoms with Crippen LogP contribution in [0.1, 0.15) is 6.42 Å². The van der Waals surface area contributed by atoms with Gasteiger partial charge in [0, 0.05) is 13.0 Å². The number of aliphatic hydroxyl groups is 1. The second-order valence-electron chi connectivity index (χ2n) is 4.25. The number of carboxylic acids is 1. The molecule has 0 saturated heterocycles. The van der Waals surface area contributed by atoms with Crippen molar-refractivity contribution in [2.45, 2.75) is 24.7 Å². The van der Waals surface area contributed by atoms with Crippen molar-refractivity contribution in [3.63, 3.8) is 0 Å². The fourth-order valence-corrected chi connectivity index (χ4v) is 2.83. The van der Waals surface area contributed by atoms with Crippen LogP contribution in [0.3, 0.4) is 0 Å². The standard InChI is InChI=1S/C10H17F3N2O4S/c1-20(3-2-7(14)8(17)18)5-6(16)4-15-9(19)10(11,12)13/h6-7,16H,2-5,14H2,1H3,(H-,15,17,18,19)/p+1/t6?,7-,20?/m0/s1. The molecule has 0 spiro atoms. The van der Waals surface area contributed by atoms with Gasteiger partial charge in [0.1, 0.15) is 23.7 Å². The summed E-state index contributed by atoms with van der Waals surface area (Å²) in [5.74, 6) is -2.61. The number of halogens is 3. The molecule has 0 bridgehead atoms. The largest absolute Gasteiger partial charge is 0.480 e. The van der Waals surface area contributed by atoms with Crippen LogP contribution in [0.15, 0.2) is 0 Å². The van der Waals surface area contributed by atoms with Crippen LogP contribution in [0.5, 0.6) is 0 Å². The minimum Gasteiger partial charge on any atom is -0.480 e. The van der Waals surface area contributed by atoms with Crippen LogP contribution in [0, 0.1) is 0 Å². The van der Waals surface area contributed by atoms with E-state index in [1.54, 1.807) is 11.6 Å². The number of amides is 1. The fourth-order valence-electron chi connectivity index (χ4n) is 1.23. The molecule has 0 heterocycles. The molecule has 10 heteroatoms. The van der Waals surface area contributed by atoms with Gasteiger partial charge in [0.25, 0.3) is 0 Å². The molecule has 0 aromatic carbocycles. The number of nitrogens with one attached hydrogen (secondary N) is 1. The number of carbonyl (C=O) groups excluding carboxylic acids is 1. The molecule has 5 N–H and O–H groups in total. The van der Waals surface area contributed by atoms with E-state index in [2.05, 4.69) is 0 Å². The Morgan fingerprint density at radius 1 is 1.40 bits per heavy atom. The normalized spacial score (nSPS) is 16.3. The number of rotatable bonds is 8.